The Balaban J connectivity index is 2.19. The molecule has 1 aliphatic rings. The number of aromatic amines is 1. The van der Waals surface area contributed by atoms with Gasteiger partial charge in [-0.25, -0.2) is 18.5 Å². The molecule has 1 aliphatic heterocycles. The molecule has 2 heterocycles. The average Bonchev–Trinajstić information content (AvgIpc) is 2.82. The van der Waals surface area contributed by atoms with Crippen LogP contribution < -0.4 is 11.2 Å². The summed E-state index contributed by atoms with van der Waals surface area (Å²) in [6, 6.07) is 0.921. The Hall–Kier alpha value is -1.14. The first-order chi connectivity index (χ1) is 14.0. The average molecular weight is 527 g/mol. The van der Waals surface area contributed by atoms with Crippen LogP contribution in [0.2, 0.25) is 0 Å². The van der Waals surface area contributed by atoms with Crippen LogP contribution in [0, 0.1) is 12.3 Å². The van der Waals surface area contributed by atoms with Crippen LogP contribution in [-0.2, 0) is 31.6 Å². The molecule has 0 radical (unpaired) electrons. The molecular formula is C11H14ClN2O14P3. The monoisotopic (exact) mass is 526 g/mol. The number of aromatic nitrogens is 2. The first-order valence-electron chi connectivity index (χ1n) is 7.60. The number of terminal acetylenes is 1. The highest BCUT2D eigenvalue weighted by Gasteiger charge is 2.56. The summed E-state index contributed by atoms with van der Waals surface area (Å²) < 4.78 is 51.2. The number of nitrogens with one attached hydrogen (secondary N) is 1. The lowest BCUT2D eigenvalue weighted by molar-refractivity contribution is -0.0455. The van der Waals surface area contributed by atoms with Gasteiger partial charge < -0.3 is 29.4 Å². The van der Waals surface area contributed by atoms with E-state index in [4.69, 9.17) is 37.4 Å². The molecule has 0 aromatic carbocycles. The Kier molecular flexibility index (Phi) is 7.59. The van der Waals surface area contributed by atoms with Gasteiger partial charge in [-0.1, -0.05) is 17.5 Å². The number of halogens is 1. The predicted octanol–water partition coefficient (Wildman–Crippen LogP) is -1.25. The number of rotatable bonds is 8. The van der Waals surface area contributed by atoms with E-state index in [0.29, 0.717) is 0 Å². The van der Waals surface area contributed by atoms with E-state index in [0.717, 1.165) is 16.8 Å². The lowest BCUT2D eigenvalue weighted by atomic mass is 9.99. The molecule has 2 rings (SSSR count). The van der Waals surface area contributed by atoms with Crippen LogP contribution in [0.25, 0.3) is 0 Å². The van der Waals surface area contributed by atoms with Gasteiger partial charge in [-0.15, -0.1) is 6.42 Å². The van der Waals surface area contributed by atoms with E-state index in [2.05, 4.69) is 13.1 Å². The Labute approximate surface area is 176 Å². The van der Waals surface area contributed by atoms with Crippen molar-refractivity contribution in [3.05, 3.63) is 33.1 Å². The van der Waals surface area contributed by atoms with E-state index < -0.39 is 64.6 Å². The topological polar surface area (TPSA) is 244 Å². The second-order valence-corrected chi connectivity index (χ2v) is 10.8. The number of H-pyrrole nitrogens is 1. The van der Waals surface area contributed by atoms with Gasteiger partial charge in [0.05, 0.1) is 6.61 Å². The molecule has 0 bridgehead atoms. The zero-order valence-corrected chi connectivity index (χ0v) is 18.2. The largest absolute Gasteiger partial charge is 0.490 e. The van der Waals surface area contributed by atoms with Gasteiger partial charge in [0.15, 0.2) is 11.1 Å². The minimum Gasteiger partial charge on any atom is -0.387 e. The van der Waals surface area contributed by atoms with Gasteiger partial charge >= 0.3 is 29.2 Å². The number of hydrogen-bond donors (Lipinski definition) is 6. The van der Waals surface area contributed by atoms with Crippen LogP contribution in [-0.4, -0.2) is 57.9 Å². The van der Waals surface area contributed by atoms with Crippen molar-refractivity contribution in [3.8, 4) is 12.3 Å². The maximum absolute atomic E-state index is 12.0. The van der Waals surface area contributed by atoms with Crippen LogP contribution in [0.15, 0.2) is 21.9 Å². The van der Waals surface area contributed by atoms with Crippen molar-refractivity contribution in [2.24, 2.45) is 0 Å². The third-order valence-electron chi connectivity index (χ3n) is 3.59. The van der Waals surface area contributed by atoms with E-state index >= 15 is 0 Å². The SMILES string of the molecule is C#CC1(Cl)C(O)[C@@H](COP(=O)(O)OP(=O)(O)OP(=O)(O)O)O[C@H]1n1ccc(=O)[nH]c1=O. The maximum Gasteiger partial charge on any atom is 0.490 e. The first kappa shape index (κ1) is 26.1. The fourth-order valence-electron chi connectivity index (χ4n) is 2.39. The summed E-state index contributed by atoms with van der Waals surface area (Å²) in [5.41, 5.74) is -1.77. The number of aliphatic hydroxyl groups is 1. The molecule has 1 aromatic rings. The number of ether oxygens (including phenoxy) is 1. The van der Waals surface area contributed by atoms with E-state index in [1.54, 1.807) is 0 Å². The van der Waals surface area contributed by atoms with Crippen LogP contribution in [0.3, 0.4) is 0 Å². The van der Waals surface area contributed by atoms with Gasteiger partial charge in [0.25, 0.3) is 5.56 Å². The van der Waals surface area contributed by atoms with Crippen molar-refractivity contribution in [2.45, 2.75) is 23.3 Å². The summed E-state index contributed by atoms with van der Waals surface area (Å²) in [4.78, 5) is 58.5. The van der Waals surface area contributed by atoms with Gasteiger partial charge in [0.2, 0.25) is 0 Å². The smallest absolute Gasteiger partial charge is 0.387 e. The molecule has 6 atom stereocenters. The standard InChI is InChI=1S/C11H14ClN2O14P3/c1-2-11(12)8(16)6(26-9(11)14-4-3-7(15)13-10(14)17)5-25-30(21,22)28-31(23,24)27-29(18,19)20/h1,3-4,6,8-9,16H,5H2,(H,21,22)(H,23,24)(H,13,15,17)(H2,18,19,20)/t6-,8?,9-,11?/m1/s1. The molecule has 4 unspecified atom stereocenters. The van der Waals surface area contributed by atoms with Gasteiger partial charge in [-0.3, -0.25) is 18.9 Å². The molecule has 1 saturated heterocycles. The van der Waals surface area contributed by atoms with Gasteiger partial charge in [0.1, 0.15) is 12.2 Å². The maximum atomic E-state index is 12.0. The lowest BCUT2D eigenvalue weighted by Gasteiger charge is -2.25. The van der Waals surface area contributed by atoms with Crippen molar-refractivity contribution in [3.63, 3.8) is 0 Å². The zero-order valence-electron chi connectivity index (χ0n) is 14.7. The number of phosphoric ester groups is 1. The number of aliphatic hydroxyl groups excluding tert-OH is 1. The van der Waals surface area contributed by atoms with Crippen LogP contribution in [0.1, 0.15) is 6.23 Å². The molecule has 1 fully saturated rings. The molecule has 174 valence electrons. The van der Waals surface area contributed by atoms with Crippen molar-refractivity contribution < 1.29 is 56.3 Å². The van der Waals surface area contributed by atoms with Crippen LogP contribution >= 0.6 is 35.1 Å². The summed E-state index contributed by atoms with van der Waals surface area (Å²) in [6.45, 7) is -1.07. The van der Waals surface area contributed by atoms with Gasteiger partial charge in [-0.2, -0.15) is 8.62 Å². The summed E-state index contributed by atoms with van der Waals surface area (Å²) in [6.07, 6.45) is 1.19. The number of hydrogen-bond acceptors (Lipinski definition) is 10. The summed E-state index contributed by atoms with van der Waals surface area (Å²) in [5, 5.41) is 10.4. The minimum atomic E-state index is -5.76. The Morgan fingerprint density at radius 3 is 2.35 bits per heavy atom. The van der Waals surface area contributed by atoms with E-state index in [1.807, 2.05) is 10.9 Å². The fourth-order valence-corrected chi connectivity index (χ4v) is 5.72. The minimum absolute atomic E-state index is 0.725. The van der Waals surface area contributed by atoms with Crippen molar-refractivity contribution in [1.82, 2.24) is 9.55 Å². The number of alkyl halides is 1. The molecule has 20 heteroatoms. The van der Waals surface area contributed by atoms with Gasteiger partial charge in [-0.05, 0) is 0 Å². The molecule has 1 aromatic heterocycles. The van der Waals surface area contributed by atoms with E-state index in [9.17, 15) is 33.3 Å². The molecule has 0 spiro atoms. The highest BCUT2D eigenvalue weighted by molar-refractivity contribution is 7.66. The van der Waals surface area contributed by atoms with Crippen molar-refractivity contribution >= 4 is 35.1 Å². The van der Waals surface area contributed by atoms with Crippen LogP contribution in [0.4, 0.5) is 0 Å². The third-order valence-corrected chi connectivity index (χ3v) is 7.91. The number of nitrogens with zero attached hydrogens (tertiary/aromatic N) is 1. The quantitative estimate of drug-likeness (QED) is 0.132. The normalized spacial score (nSPS) is 30.3. The predicted molar refractivity (Wildman–Crippen MR) is 98.5 cm³/mol. The van der Waals surface area contributed by atoms with Gasteiger partial charge in [0, 0.05) is 12.3 Å². The number of phosphoric acid groups is 3. The molecule has 0 saturated carbocycles. The van der Waals surface area contributed by atoms with Crippen molar-refractivity contribution in [1.29, 1.82) is 0 Å². The zero-order chi connectivity index (χ0) is 23.8. The highest BCUT2D eigenvalue weighted by atomic mass is 35.5. The first-order valence-corrected chi connectivity index (χ1v) is 12.5. The fraction of sp³-hybridized carbons (Fsp3) is 0.455. The lowest BCUT2D eigenvalue weighted by Crippen LogP contribution is -2.44. The highest BCUT2D eigenvalue weighted by Crippen LogP contribution is 2.66. The molecule has 31 heavy (non-hydrogen) atoms. The van der Waals surface area contributed by atoms with E-state index in [-0.39, 0.29) is 0 Å². The second kappa shape index (κ2) is 9.01. The molecule has 6 N–H and O–H groups in total. The Morgan fingerprint density at radius 2 is 1.84 bits per heavy atom. The second-order valence-electron chi connectivity index (χ2n) is 5.79. The Bertz CT molecular complexity index is 1140. The summed E-state index contributed by atoms with van der Waals surface area (Å²) >= 11 is 6.17. The third kappa shape index (κ3) is 6.44. The molecule has 0 aliphatic carbocycles. The Morgan fingerprint density at radius 1 is 1.23 bits per heavy atom. The molecular weight excluding hydrogens is 512 g/mol. The summed E-state index contributed by atoms with van der Waals surface area (Å²) in [5.74, 6) is 2.00. The van der Waals surface area contributed by atoms with E-state index in [1.165, 1.54) is 0 Å². The molecule has 0 amide bonds. The summed E-state index contributed by atoms with van der Waals surface area (Å²) in [7, 11) is -16.9. The van der Waals surface area contributed by atoms with Crippen molar-refractivity contribution in [2.75, 3.05) is 6.61 Å². The van der Waals surface area contributed by atoms with Crippen LogP contribution in [0.5, 0.6) is 0 Å². The molecule has 16 nitrogen and oxygen atoms in total.